The number of ether oxygens (including phenoxy) is 1. The lowest BCUT2D eigenvalue weighted by molar-refractivity contribution is 0.151. The highest BCUT2D eigenvalue weighted by atomic mass is 19.1. The van der Waals surface area contributed by atoms with Crippen LogP contribution in [0, 0.1) is 5.82 Å². The Hall–Kier alpha value is -1.82. The van der Waals surface area contributed by atoms with E-state index in [1.54, 1.807) is 13.1 Å². The van der Waals surface area contributed by atoms with E-state index in [1.807, 2.05) is 19.1 Å². The highest BCUT2D eigenvalue weighted by Crippen LogP contribution is 2.20. The van der Waals surface area contributed by atoms with E-state index in [0.717, 1.165) is 45.3 Å². The SMILES string of the molecule is CCOCCNC(=NC)N1CCN(c2ccccc2F)CC1. The molecule has 5 nitrogen and oxygen atoms in total. The predicted molar refractivity (Wildman–Crippen MR) is 88.0 cm³/mol. The molecule has 1 aliphatic heterocycles. The molecule has 1 N–H and O–H groups in total. The van der Waals surface area contributed by atoms with E-state index < -0.39 is 0 Å². The van der Waals surface area contributed by atoms with Crippen LogP contribution in [0.4, 0.5) is 10.1 Å². The summed E-state index contributed by atoms with van der Waals surface area (Å²) >= 11 is 0. The number of nitrogens with one attached hydrogen (secondary N) is 1. The van der Waals surface area contributed by atoms with Crippen molar-refractivity contribution >= 4 is 11.6 Å². The second-order valence-corrected chi connectivity index (χ2v) is 5.10. The molecule has 0 aliphatic carbocycles. The average molecular weight is 308 g/mol. The molecular weight excluding hydrogens is 283 g/mol. The van der Waals surface area contributed by atoms with Crippen molar-refractivity contribution in [1.82, 2.24) is 10.2 Å². The Morgan fingerprint density at radius 2 is 2.00 bits per heavy atom. The minimum Gasteiger partial charge on any atom is -0.380 e. The molecule has 22 heavy (non-hydrogen) atoms. The Morgan fingerprint density at radius 3 is 2.64 bits per heavy atom. The summed E-state index contributed by atoms with van der Waals surface area (Å²) < 4.78 is 19.1. The third-order valence-electron chi connectivity index (χ3n) is 3.72. The Kier molecular flexibility index (Phi) is 6.45. The van der Waals surface area contributed by atoms with Gasteiger partial charge in [0, 0.05) is 46.4 Å². The molecular formula is C16H25FN4O. The van der Waals surface area contributed by atoms with Gasteiger partial charge in [-0.05, 0) is 19.1 Å². The van der Waals surface area contributed by atoms with Crippen LogP contribution in [0.25, 0.3) is 0 Å². The molecule has 0 radical (unpaired) electrons. The number of aliphatic imine (C=N–C) groups is 1. The van der Waals surface area contributed by atoms with Crippen molar-refractivity contribution < 1.29 is 9.13 Å². The van der Waals surface area contributed by atoms with E-state index in [0.29, 0.717) is 12.3 Å². The van der Waals surface area contributed by atoms with Crippen LogP contribution >= 0.6 is 0 Å². The summed E-state index contributed by atoms with van der Waals surface area (Å²) in [5, 5.41) is 3.30. The fourth-order valence-electron chi connectivity index (χ4n) is 2.58. The molecule has 0 amide bonds. The third kappa shape index (κ3) is 4.34. The maximum atomic E-state index is 13.8. The average Bonchev–Trinajstić information content (AvgIpc) is 2.56. The summed E-state index contributed by atoms with van der Waals surface area (Å²) in [6.45, 7) is 7.34. The molecule has 0 spiro atoms. The summed E-state index contributed by atoms with van der Waals surface area (Å²) in [6.07, 6.45) is 0. The molecule has 1 aliphatic rings. The molecule has 1 fully saturated rings. The summed E-state index contributed by atoms with van der Waals surface area (Å²) in [4.78, 5) is 8.59. The monoisotopic (exact) mass is 308 g/mol. The fourth-order valence-corrected chi connectivity index (χ4v) is 2.58. The quantitative estimate of drug-likeness (QED) is 0.509. The number of hydrogen-bond acceptors (Lipinski definition) is 3. The Morgan fingerprint density at radius 1 is 1.27 bits per heavy atom. The van der Waals surface area contributed by atoms with Crippen LogP contribution in [0.1, 0.15) is 6.92 Å². The zero-order valence-corrected chi connectivity index (χ0v) is 13.4. The second-order valence-electron chi connectivity index (χ2n) is 5.10. The number of hydrogen-bond donors (Lipinski definition) is 1. The van der Waals surface area contributed by atoms with Gasteiger partial charge in [0.1, 0.15) is 5.82 Å². The van der Waals surface area contributed by atoms with E-state index in [4.69, 9.17) is 4.74 Å². The third-order valence-corrected chi connectivity index (χ3v) is 3.72. The normalized spacial score (nSPS) is 16.0. The first-order chi connectivity index (χ1) is 10.8. The standard InChI is InChI=1S/C16H25FN4O/c1-3-22-13-8-19-16(18-2)21-11-9-20(10-12-21)15-7-5-4-6-14(15)17/h4-7H,3,8-13H2,1-2H3,(H,18,19). The van der Waals surface area contributed by atoms with Crippen molar-refractivity contribution in [2.75, 3.05) is 57.9 Å². The van der Waals surface area contributed by atoms with Gasteiger partial charge in [0.15, 0.2) is 5.96 Å². The van der Waals surface area contributed by atoms with Crippen molar-refractivity contribution in [3.63, 3.8) is 0 Å². The van der Waals surface area contributed by atoms with Crippen molar-refractivity contribution in [3.05, 3.63) is 30.1 Å². The number of guanidine groups is 1. The lowest BCUT2D eigenvalue weighted by Crippen LogP contribution is -2.53. The first kappa shape index (κ1) is 16.5. The van der Waals surface area contributed by atoms with Gasteiger partial charge < -0.3 is 19.9 Å². The number of anilines is 1. The maximum Gasteiger partial charge on any atom is 0.193 e. The van der Waals surface area contributed by atoms with Gasteiger partial charge in [-0.1, -0.05) is 12.1 Å². The summed E-state index contributed by atoms with van der Waals surface area (Å²) in [6, 6.07) is 6.94. The largest absolute Gasteiger partial charge is 0.380 e. The van der Waals surface area contributed by atoms with Gasteiger partial charge in [-0.3, -0.25) is 4.99 Å². The van der Waals surface area contributed by atoms with Crippen LogP contribution in [0.2, 0.25) is 0 Å². The van der Waals surface area contributed by atoms with Crippen LogP contribution < -0.4 is 10.2 Å². The van der Waals surface area contributed by atoms with Gasteiger partial charge in [-0.15, -0.1) is 0 Å². The van der Waals surface area contributed by atoms with Crippen molar-refractivity contribution in [2.45, 2.75) is 6.92 Å². The lowest BCUT2D eigenvalue weighted by Gasteiger charge is -2.37. The fraction of sp³-hybridized carbons (Fsp3) is 0.562. The van der Waals surface area contributed by atoms with Crippen LogP contribution in [0.5, 0.6) is 0 Å². The number of piperazine rings is 1. The van der Waals surface area contributed by atoms with Gasteiger partial charge in [0.05, 0.1) is 12.3 Å². The Bertz CT molecular complexity index is 487. The van der Waals surface area contributed by atoms with Crippen molar-refractivity contribution in [3.8, 4) is 0 Å². The van der Waals surface area contributed by atoms with Crippen molar-refractivity contribution in [1.29, 1.82) is 0 Å². The molecule has 1 aromatic rings. The highest BCUT2D eigenvalue weighted by molar-refractivity contribution is 5.80. The zero-order valence-electron chi connectivity index (χ0n) is 13.4. The number of benzene rings is 1. The molecule has 0 saturated carbocycles. The van der Waals surface area contributed by atoms with Crippen molar-refractivity contribution in [2.24, 2.45) is 4.99 Å². The minimum atomic E-state index is -0.157. The number of halogens is 1. The molecule has 1 heterocycles. The molecule has 0 aromatic heterocycles. The molecule has 6 heteroatoms. The van der Waals surface area contributed by atoms with E-state index in [1.165, 1.54) is 6.07 Å². The van der Waals surface area contributed by atoms with Gasteiger partial charge >= 0.3 is 0 Å². The molecule has 0 unspecified atom stereocenters. The molecule has 0 atom stereocenters. The topological polar surface area (TPSA) is 40.1 Å². The Labute approximate surface area is 131 Å². The molecule has 2 rings (SSSR count). The number of para-hydroxylation sites is 1. The van der Waals surface area contributed by atoms with Crippen LogP contribution in [0.15, 0.2) is 29.3 Å². The van der Waals surface area contributed by atoms with Gasteiger partial charge in [-0.25, -0.2) is 4.39 Å². The first-order valence-corrected chi connectivity index (χ1v) is 7.79. The van der Waals surface area contributed by atoms with E-state index in [-0.39, 0.29) is 5.82 Å². The smallest absolute Gasteiger partial charge is 0.193 e. The number of nitrogens with zero attached hydrogens (tertiary/aromatic N) is 3. The van der Waals surface area contributed by atoms with Gasteiger partial charge in [0.2, 0.25) is 0 Å². The summed E-state index contributed by atoms with van der Waals surface area (Å²) in [5.41, 5.74) is 0.682. The van der Waals surface area contributed by atoms with Gasteiger partial charge in [-0.2, -0.15) is 0 Å². The molecule has 0 bridgehead atoms. The second kappa shape index (κ2) is 8.58. The molecule has 1 aromatic carbocycles. The lowest BCUT2D eigenvalue weighted by atomic mass is 10.2. The highest BCUT2D eigenvalue weighted by Gasteiger charge is 2.21. The predicted octanol–water partition coefficient (Wildman–Crippen LogP) is 1.56. The summed E-state index contributed by atoms with van der Waals surface area (Å²) in [7, 11) is 1.78. The zero-order chi connectivity index (χ0) is 15.8. The van der Waals surface area contributed by atoms with Crippen LogP contribution in [-0.2, 0) is 4.74 Å². The maximum absolute atomic E-state index is 13.8. The van der Waals surface area contributed by atoms with Gasteiger partial charge in [0.25, 0.3) is 0 Å². The number of rotatable bonds is 5. The van der Waals surface area contributed by atoms with E-state index >= 15 is 0 Å². The Balaban J connectivity index is 1.84. The molecule has 1 saturated heterocycles. The first-order valence-electron chi connectivity index (χ1n) is 7.79. The summed E-state index contributed by atoms with van der Waals surface area (Å²) in [5.74, 6) is 0.725. The molecule has 122 valence electrons. The van der Waals surface area contributed by atoms with E-state index in [9.17, 15) is 4.39 Å². The minimum absolute atomic E-state index is 0.157. The van der Waals surface area contributed by atoms with Crippen LogP contribution in [0.3, 0.4) is 0 Å². The van der Waals surface area contributed by atoms with E-state index in [2.05, 4.69) is 20.1 Å². The van der Waals surface area contributed by atoms with Crippen LogP contribution in [-0.4, -0.2) is 63.8 Å².